The largest absolute Gasteiger partial charge is 0.308 e. The van der Waals surface area contributed by atoms with Crippen molar-refractivity contribution in [3.05, 3.63) is 64.7 Å². The van der Waals surface area contributed by atoms with Gasteiger partial charge in [0.05, 0.1) is 5.75 Å². The van der Waals surface area contributed by atoms with E-state index >= 15 is 0 Å². The molecule has 1 heterocycles. The molecule has 3 rings (SSSR count). The smallest absolute Gasteiger partial charge is 0.258 e. The average molecular weight is 343 g/mol. The van der Waals surface area contributed by atoms with E-state index in [1.807, 2.05) is 12.1 Å². The average Bonchev–Trinajstić information content (AvgIpc) is 2.52. The Labute approximate surface area is 143 Å². The van der Waals surface area contributed by atoms with Crippen molar-refractivity contribution in [3.8, 4) is 0 Å². The van der Waals surface area contributed by atoms with Gasteiger partial charge in [-0.1, -0.05) is 29.8 Å². The Bertz CT molecular complexity index is 887. The van der Waals surface area contributed by atoms with E-state index in [9.17, 15) is 13.2 Å². The second kappa shape index (κ2) is 6.40. The Hall–Kier alpha value is -2.14. The van der Waals surface area contributed by atoms with Crippen LogP contribution in [0.3, 0.4) is 0 Å². The van der Waals surface area contributed by atoms with Gasteiger partial charge in [-0.25, -0.2) is 8.42 Å². The van der Waals surface area contributed by atoms with Crippen LogP contribution in [0.4, 0.5) is 5.69 Å². The van der Waals surface area contributed by atoms with Crippen LogP contribution in [-0.4, -0.2) is 27.1 Å². The minimum absolute atomic E-state index is 0.0517. The maximum absolute atomic E-state index is 12.9. The number of nitrogens with zero attached hydrogens (tertiary/aromatic N) is 1. The van der Waals surface area contributed by atoms with E-state index in [0.29, 0.717) is 17.7 Å². The van der Waals surface area contributed by atoms with Crippen molar-refractivity contribution in [2.24, 2.45) is 0 Å². The highest BCUT2D eigenvalue weighted by molar-refractivity contribution is 7.89. The van der Waals surface area contributed by atoms with Crippen LogP contribution in [-0.2, 0) is 22.0 Å². The summed E-state index contributed by atoms with van der Waals surface area (Å²) in [5.74, 6) is -0.126. The number of anilines is 1. The lowest BCUT2D eigenvalue weighted by Crippen LogP contribution is -2.35. The highest BCUT2D eigenvalue weighted by Gasteiger charge is 2.23. The van der Waals surface area contributed by atoms with E-state index < -0.39 is 9.84 Å². The van der Waals surface area contributed by atoms with E-state index in [0.717, 1.165) is 18.5 Å². The molecule has 2 aromatic carbocycles. The van der Waals surface area contributed by atoms with Crippen LogP contribution in [0.15, 0.2) is 42.5 Å². The first-order valence-corrected chi connectivity index (χ1v) is 10.1. The van der Waals surface area contributed by atoms with Gasteiger partial charge in [0.25, 0.3) is 5.91 Å². The number of carbonyl (C=O) groups excluding carboxylic acids is 1. The number of fused-ring (bicyclic) bond motifs is 1. The molecule has 1 aliphatic heterocycles. The quantitative estimate of drug-likeness (QED) is 0.860. The predicted octanol–water partition coefficient (Wildman–Crippen LogP) is 3.13. The number of amides is 1. The zero-order valence-electron chi connectivity index (χ0n) is 14.0. The maximum atomic E-state index is 12.9. The fourth-order valence-electron chi connectivity index (χ4n) is 3.19. The first-order valence-electron chi connectivity index (χ1n) is 8.01. The normalized spacial score (nSPS) is 14.3. The van der Waals surface area contributed by atoms with Crippen LogP contribution in [0.5, 0.6) is 0 Å². The number of aryl methyl sites for hydroxylation is 2. The molecule has 0 aromatic heterocycles. The Balaban J connectivity index is 1.92. The molecular formula is C19H21NO3S. The van der Waals surface area contributed by atoms with Gasteiger partial charge in [0, 0.05) is 24.1 Å². The van der Waals surface area contributed by atoms with Crippen molar-refractivity contribution in [1.29, 1.82) is 0 Å². The van der Waals surface area contributed by atoms with E-state index in [4.69, 9.17) is 0 Å². The summed E-state index contributed by atoms with van der Waals surface area (Å²) in [5, 5.41) is 0. The molecule has 1 aliphatic rings. The highest BCUT2D eigenvalue weighted by atomic mass is 32.2. The Morgan fingerprint density at radius 2 is 1.96 bits per heavy atom. The molecule has 0 N–H and O–H groups in total. The van der Waals surface area contributed by atoms with Crippen LogP contribution < -0.4 is 4.90 Å². The van der Waals surface area contributed by atoms with E-state index in [-0.39, 0.29) is 11.7 Å². The summed E-state index contributed by atoms with van der Waals surface area (Å²) < 4.78 is 23.0. The first-order chi connectivity index (χ1) is 11.3. The molecule has 0 bridgehead atoms. The number of hydrogen-bond donors (Lipinski definition) is 0. The number of benzene rings is 2. The monoisotopic (exact) mass is 343 g/mol. The molecule has 4 nitrogen and oxygen atoms in total. The maximum Gasteiger partial charge on any atom is 0.258 e. The SMILES string of the molecule is Cc1ccc2c(c1)CCCN2C(=O)c1cccc(CS(C)(=O)=O)c1. The van der Waals surface area contributed by atoms with Gasteiger partial charge in [-0.05, 0) is 49.1 Å². The van der Waals surface area contributed by atoms with Crippen LogP contribution in [0, 0.1) is 6.92 Å². The summed E-state index contributed by atoms with van der Waals surface area (Å²) in [4.78, 5) is 14.7. The van der Waals surface area contributed by atoms with Crippen molar-refractivity contribution >= 4 is 21.4 Å². The van der Waals surface area contributed by atoms with Gasteiger partial charge in [-0.2, -0.15) is 0 Å². The summed E-state index contributed by atoms with van der Waals surface area (Å²) in [6, 6.07) is 13.1. The molecule has 2 aromatic rings. The lowest BCUT2D eigenvalue weighted by atomic mass is 9.98. The number of carbonyl (C=O) groups is 1. The van der Waals surface area contributed by atoms with Crippen molar-refractivity contribution < 1.29 is 13.2 Å². The van der Waals surface area contributed by atoms with E-state index in [1.54, 1.807) is 29.2 Å². The Kier molecular flexibility index (Phi) is 4.45. The summed E-state index contributed by atoms with van der Waals surface area (Å²) in [7, 11) is -3.12. The summed E-state index contributed by atoms with van der Waals surface area (Å²) in [5.41, 5.74) is 4.53. The third-order valence-corrected chi connectivity index (χ3v) is 5.06. The van der Waals surface area contributed by atoms with E-state index in [1.165, 1.54) is 17.4 Å². The zero-order valence-corrected chi connectivity index (χ0v) is 14.8. The minimum Gasteiger partial charge on any atom is -0.308 e. The second-order valence-electron chi connectivity index (χ2n) is 6.46. The van der Waals surface area contributed by atoms with Crippen molar-refractivity contribution in [1.82, 2.24) is 0 Å². The molecule has 0 aliphatic carbocycles. The Morgan fingerprint density at radius 3 is 2.71 bits per heavy atom. The third-order valence-electron chi connectivity index (χ3n) is 4.20. The molecule has 0 atom stereocenters. The molecule has 0 unspecified atom stereocenters. The van der Waals surface area contributed by atoms with Crippen molar-refractivity contribution in [3.63, 3.8) is 0 Å². The van der Waals surface area contributed by atoms with Crippen LogP contribution >= 0.6 is 0 Å². The van der Waals surface area contributed by atoms with Gasteiger partial charge in [0.2, 0.25) is 0 Å². The summed E-state index contributed by atoms with van der Waals surface area (Å²) in [6.45, 7) is 2.74. The van der Waals surface area contributed by atoms with Crippen LogP contribution in [0.2, 0.25) is 0 Å². The van der Waals surface area contributed by atoms with E-state index in [2.05, 4.69) is 13.0 Å². The summed E-state index contributed by atoms with van der Waals surface area (Å²) >= 11 is 0. The van der Waals surface area contributed by atoms with Gasteiger partial charge < -0.3 is 4.90 Å². The van der Waals surface area contributed by atoms with Gasteiger partial charge in [-0.3, -0.25) is 4.79 Å². The van der Waals surface area contributed by atoms with Crippen LogP contribution in [0.1, 0.15) is 33.5 Å². The van der Waals surface area contributed by atoms with Crippen LogP contribution in [0.25, 0.3) is 0 Å². The molecule has 0 spiro atoms. The third kappa shape index (κ3) is 3.67. The van der Waals surface area contributed by atoms with Gasteiger partial charge in [0.15, 0.2) is 9.84 Å². The highest BCUT2D eigenvalue weighted by Crippen LogP contribution is 2.29. The second-order valence-corrected chi connectivity index (χ2v) is 8.60. The van der Waals surface area contributed by atoms with Gasteiger partial charge in [0.1, 0.15) is 0 Å². The van der Waals surface area contributed by atoms with Gasteiger partial charge in [-0.15, -0.1) is 0 Å². The molecule has 0 fully saturated rings. The summed E-state index contributed by atoms with van der Waals surface area (Å²) in [6.07, 6.45) is 3.12. The molecule has 1 amide bonds. The molecule has 0 radical (unpaired) electrons. The molecule has 24 heavy (non-hydrogen) atoms. The van der Waals surface area contributed by atoms with Gasteiger partial charge >= 0.3 is 0 Å². The fourth-order valence-corrected chi connectivity index (χ4v) is 3.97. The lowest BCUT2D eigenvalue weighted by molar-refractivity contribution is 0.0985. The first kappa shape index (κ1) is 16.7. The molecule has 0 saturated heterocycles. The minimum atomic E-state index is -3.12. The Morgan fingerprint density at radius 1 is 1.17 bits per heavy atom. The molecular weight excluding hydrogens is 322 g/mol. The standard InChI is InChI=1S/C19H21NO3S/c1-14-8-9-18-16(11-14)7-4-10-20(18)19(21)17-6-3-5-15(12-17)13-24(2,22)23/h3,5-6,8-9,11-12H,4,7,10,13H2,1-2H3. The molecule has 0 saturated carbocycles. The number of hydrogen-bond acceptors (Lipinski definition) is 3. The topological polar surface area (TPSA) is 54.5 Å². The number of sulfone groups is 1. The van der Waals surface area contributed by atoms with Crippen molar-refractivity contribution in [2.45, 2.75) is 25.5 Å². The fraction of sp³-hybridized carbons (Fsp3) is 0.316. The molecule has 5 heteroatoms. The lowest BCUT2D eigenvalue weighted by Gasteiger charge is -2.30. The number of rotatable bonds is 3. The predicted molar refractivity (Wildman–Crippen MR) is 96.2 cm³/mol. The van der Waals surface area contributed by atoms with Crippen molar-refractivity contribution in [2.75, 3.05) is 17.7 Å². The molecule has 126 valence electrons. The zero-order chi connectivity index (χ0) is 17.3.